The number of rotatable bonds is 8. The van der Waals surface area contributed by atoms with E-state index >= 15 is 0 Å². The van der Waals surface area contributed by atoms with Gasteiger partial charge in [-0.1, -0.05) is 83.9 Å². The molecule has 9 rings (SSSR count). The van der Waals surface area contributed by atoms with Gasteiger partial charge in [0.1, 0.15) is 6.29 Å². The van der Waals surface area contributed by atoms with Crippen LogP contribution < -0.4 is 4.90 Å². The minimum Gasteiger partial charge on any atom is -0.311 e. The third kappa shape index (κ3) is 5.42. The van der Waals surface area contributed by atoms with Gasteiger partial charge in [0, 0.05) is 55.7 Å². The van der Waals surface area contributed by atoms with Gasteiger partial charge >= 0.3 is 0 Å². The van der Waals surface area contributed by atoms with Gasteiger partial charge in [0.25, 0.3) is 0 Å². The second-order valence-electron chi connectivity index (χ2n) is 13.5. The van der Waals surface area contributed by atoms with Crippen LogP contribution in [-0.4, -0.2) is 21.7 Å². The number of hydrogen-bond acceptors (Lipinski definition) is 3. The molecule has 0 amide bonds. The zero-order valence-electron chi connectivity index (χ0n) is 29.4. The Balaban J connectivity index is 1.17. The third-order valence-electron chi connectivity index (χ3n) is 10.2. The van der Waals surface area contributed by atoms with Crippen LogP contribution in [0.1, 0.15) is 31.8 Å². The van der Waals surface area contributed by atoms with Gasteiger partial charge < -0.3 is 14.0 Å². The predicted molar refractivity (Wildman–Crippen MR) is 218 cm³/mol. The Morgan fingerprint density at radius 3 is 1.53 bits per heavy atom. The molecule has 0 aliphatic rings. The summed E-state index contributed by atoms with van der Waals surface area (Å²) in [5, 5.41) is 3.02. The highest BCUT2D eigenvalue weighted by Crippen LogP contribution is 2.40. The van der Waals surface area contributed by atoms with Crippen molar-refractivity contribution in [3.8, 4) is 22.6 Å². The van der Waals surface area contributed by atoms with Crippen molar-refractivity contribution in [1.82, 2.24) is 9.13 Å². The highest BCUT2D eigenvalue weighted by atomic mass is 16.1. The van der Waals surface area contributed by atoms with E-state index in [1.807, 2.05) is 48.5 Å². The van der Waals surface area contributed by atoms with Gasteiger partial charge in [-0.2, -0.15) is 0 Å². The van der Waals surface area contributed by atoms with Crippen molar-refractivity contribution in [2.75, 3.05) is 4.90 Å². The maximum atomic E-state index is 12.9. The van der Waals surface area contributed by atoms with Gasteiger partial charge in [-0.15, -0.1) is 0 Å². The van der Waals surface area contributed by atoms with Crippen LogP contribution in [0.25, 0.3) is 55.3 Å². The molecule has 0 aliphatic heterocycles. The number of aldehydes is 2. The van der Waals surface area contributed by atoms with Gasteiger partial charge in [-0.3, -0.25) is 9.59 Å². The van der Waals surface area contributed by atoms with E-state index in [2.05, 4.69) is 143 Å². The maximum absolute atomic E-state index is 12.9. The molecule has 254 valence electrons. The first-order valence-electron chi connectivity index (χ1n) is 17.7. The maximum Gasteiger partial charge on any atom is 0.152 e. The quantitative estimate of drug-likeness (QED) is 0.150. The van der Waals surface area contributed by atoms with Crippen LogP contribution in [0, 0.1) is 13.8 Å². The molecule has 0 fully saturated rings. The van der Waals surface area contributed by atoms with E-state index in [0.717, 1.165) is 85.0 Å². The summed E-state index contributed by atoms with van der Waals surface area (Å²) >= 11 is 0. The second kappa shape index (κ2) is 13.0. The summed E-state index contributed by atoms with van der Waals surface area (Å²) in [4.78, 5) is 26.8. The van der Waals surface area contributed by atoms with Gasteiger partial charge in [0.2, 0.25) is 0 Å². The molecule has 7 aromatic carbocycles. The molecule has 0 atom stereocenters. The molecule has 0 radical (unpaired) electrons. The number of hydrogen-bond donors (Lipinski definition) is 0. The largest absolute Gasteiger partial charge is 0.311 e. The van der Waals surface area contributed by atoms with E-state index in [1.165, 1.54) is 11.1 Å². The zero-order chi connectivity index (χ0) is 36.1. The standard InChI is InChI=1S/C48H35N3O2/c1-32-11-18-36(19-12-32)49(37-20-13-33(2)14-21-37)38-24-26-40(27-25-38)51-46-10-6-4-8-42(46)44(31-53)48(51)35-16-22-39(23-17-35)50-45-9-5-3-7-41(45)43-29-34(30-52)15-28-47(43)50/h3-31H,1-2H3. The van der Waals surface area contributed by atoms with Crippen molar-refractivity contribution < 1.29 is 9.59 Å². The van der Waals surface area contributed by atoms with Crippen LogP contribution in [0.5, 0.6) is 0 Å². The fraction of sp³-hybridized carbons (Fsp3) is 0.0417. The van der Waals surface area contributed by atoms with E-state index in [4.69, 9.17) is 0 Å². The number of para-hydroxylation sites is 2. The lowest BCUT2D eigenvalue weighted by Gasteiger charge is -2.26. The van der Waals surface area contributed by atoms with Crippen molar-refractivity contribution in [3.63, 3.8) is 0 Å². The summed E-state index contributed by atoms with van der Waals surface area (Å²) in [7, 11) is 0. The molecular weight excluding hydrogens is 651 g/mol. The number of carbonyl (C=O) groups excluding carboxylic acids is 2. The van der Waals surface area contributed by atoms with Crippen molar-refractivity contribution >= 4 is 62.3 Å². The van der Waals surface area contributed by atoms with Crippen molar-refractivity contribution in [2.45, 2.75) is 13.8 Å². The molecule has 0 aliphatic carbocycles. The number of carbonyl (C=O) groups is 2. The molecule has 9 aromatic rings. The number of fused-ring (bicyclic) bond motifs is 4. The number of aromatic nitrogens is 2. The average Bonchev–Trinajstić information content (AvgIpc) is 3.72. The normalized spacial score (nSPS) is 11.4. The minimum absolute atomic E-state index is 0.649. The van der Waals surface area contributed by atoms with Crippen LogP contribution in [0.2, 0.25) is 0 Å². The van der Waals surface area contributed by atoms with Crippen molar-refractivity contribution in [1.29, 1.82) is 0 Å². The van der Waals surface area contributed by atoms with E-state index in [0.29, 0.717) is 11.1 Å². The van der Waals surface area contributed by atoms with Crippen LogP contribution in [0.4, 0.5) is 17.1 Å². The van der Waals surface area contributed by atoms with Crippen LogP contribution in [-0.2, 0) is 0 Å². The van der Waals surface area contributed by atoms with Crippen LogP contribution in [0.3, 0.4) is 0 Å². The number of aryl methyl sites for hydroxylation is 2. The lowest BCUT2D eigenvalue weighted by atomic mass is 10.1. The van der Waals surface area contributed by atoms with Gasteiger partial charge in [0.05, 0.1) is 22.2 Å². The lowest BCUT2D eigenvalue weighted by molar-refractivity contribution is 0.111. The molecular formula is C48H35N3O2. The highest BCUT2D eigenvalue weighted by molar-refractivity contribution is 6.11. The van der Waals surface area contributed by atoms with E-state index < -0.39 is 0 Å². The zero-order valence-corrected chi connectivity index (χ0v) is 29.4. The summed E-state index contributed by atoms with van der Waals surface area (Å²) in [5.74, 6) is 0. The number of benzene rings is 7. The molecule has 0 N–H and O–H groups in total. The number of nitrogens with zero attached hydrogens (tertiary/aromatic N) is 3. The summed E-state index contributed by atoms with van der Waals surface area (Å²) in [6, 6.07) is 56.3. The molecule has 53 heavy (non-hydrogen) atoms. The predicted octanol–water partition coefficient (Wildman–Crippen LogP) is 12.1. The Hall–Kier alpha value is -6.98. The molecule has 2 heterocycles. The summed E-state index contributed by atoms with van der Waals surface area (Å²) < 4.78 is 4.42. The minimum atomic E-state index is 0.649. The van der Waals surface area contributed by atoms with Gasteiger partial charge in [-0.05, 0) is 110 Å². The Labute approximate surface area is 307 Å². The van der Waals surface area contributed by atoms with E-state index in [9.17, 15) is 9.59 Å². The highest BCUT2D eigenvalue weighted by Gasteiger charge is 2.21. The SMILES string of the molecule is Cc1ccc(N(c2ccc(C)cc2)c2ccc(-n3c(-c4ccc(-n5c6ccccc6c6cc(C=O)ccc65)cc4)c(C=O)c4ccccc43)cc2)cc1. The van der Waals surface area contributed by atoms with Gasteiger partial charge in [-0.25, -0.2) is 0 Å². The molecule has 2 aromatic heterocycles. The number of anilines is 3. The first-order valence-corrected chi connectivity index (χ1v) is 17.7. The molecule has 0 unspecified atom stereocenters. The first kappa shape index (κ1) is 32.0. The van der Waals surface area contributed by atoms with E-state index in [-0.39, 0.29) is 0 Å². The fourth-order valence-electron chi connectivity index (χ4n) is 7.63. The molecule has 0 saturated carbocycles. The molecule has 5 heteroatoms. The Bertz CT molecular complexity index is 2760. The molecule has 5 nitrogen and oxygen atoms in total. The van der Waals surface area contributed by atoms with Crippen molar-refractivity contribution in [2.24, 2.45) is 0 Å². The molecule has 0 spiro atoms. The molecule has 0 bridgehead atoms. The van der Waals surface area contributed by atoms with E-state index in [1.54, 1.807) is 0 Å². The van der Waals surface area contributed by atoms with Crippen LogP contribution >= 0.6 is 0 Å². The lowest BCUT2D eigenvalue weighted by Crippen LogP contribution is -2.10. The molecule has 0 saturated heterocycles. The monoisotopic (exact) mass is 685 g/mol. The first-order chi connectivity index (χ1) is 26.0. The van der Waals surface area contributed by atoms with Crippen LogP contribution in [0.15, 0.2) is 164 Å². The topological polar surface area (TPSA) is 47.2 Å². The Morgan fingerprint density at radius 2 is 0.943 bits per heavy atom. The third-order valence-corrected chi connectivity index (χ3v) is 10.2. The summed E-state index contributed by atoms with van der Waals surface area (Å²) in [6.45, 7) is 4.20. The summed E-state index contributed by atoms with van der Waals surface area (Å²) in [6.07, 6.45) is 1.87. The summed E-state index contributed by atoms with van der Waals surface area (Å²) in [5.41, 5.74) is 13.7. The fourth-order valence-corrected chi connectivity index (χ4v) is 7.63. The van der Waals surface area contributed by atoms with Gasteiger partial charge in [0.15, 0.2) is 6.29 Å². The Morgan fingerprint density at radius 1 is 0.453 bits per heavy atom. The smallest absolute Gasteiger partial charge is 0.152 e. The Kier molecular flexibility index (Phi) is 7.82. The van der Waals surface area contributed by atoms with Crippen molar-refractivity contribution in [3.05, 3.63) is 186 Å². The second-order valence-corrected chi connectivity index (χ2v) is 13.5. The average molecular weight is 686 g/mol.